The number of fused-ring (bicyclic) bond motifs is 6. The fraction of sp³-hybridized carbons (Fsp3) is 0.0606. The molecule has 8 rings (SSSR count). The summed E-state index contributed by atoms with van der Waals surface area (Å²) in [6.07, 6.45) is 1.06. The van der Waals surface area contributed by atoms with E-state index in [1.807, 2.05) is 66.4 Å². The zero-order valence-corrected chi connectivity index (χ0v) is 21.2. The summed E-state index contributed by atoms with van der Waals surface area (Å²) in [5.41, 5.74) is 5.99. The van der Waals surface area contributed by atoms with Crippen LogP contribution in [0.5, 0.6) is 0 Å². The summed E-state index contributed by atoms with van der Waals surface area (Å²) in [5.74, 6) is 3.09. The molecule has 0 unspecified atom stereocenters. The monoisotopic (exact) mass is 507 g/mol. The molecule has 0 bridgehead atoms. The minimum absolute atomic E-state index is 0.634. The Labute approximate surface area is 223 Å². The summed E-state index contributed by atoms with van der Waals surface area (Å²) >= 11 is 1.94. The van der Waals surface area contributed by atoms with Gasteiger partial charge in [0.25, 0.3) is 0 Å². The molecule has 3 heterocycles. The lowest BCUT2D eigenvalue weighted by molar-refractivity contribution is 0.669. The number of nitrogens with zero attached hydrogens (tertiary/aromatic N) is 3. The van der Waals surface area contributed by atoms with Gasteiger partial charge < -0.3 is 4.42 Å². The van der Waals surface area contributed by atoms with E-state index in [-0.39, 0.29) is 0 Å². The van der Waals surface area contributed by atoms with Gasteiger partial charge in [-0.3, -0.25) is 0 Å². The summed E-state index contributed by atoms with van der Waals surface area (Å²) in [5, 5.41) is 4.64. The largest absolute Gasteiger partial charge is 0.456 e. The standard InChI is InChI=1S/C33H21N3OS/c1-2-8-20(9-3-1)31-34-32(22-14-15-25-24-11-6-7-13-28(24)37-29(25)19-22)36-33(35-31)27-18-21-16-17-38-30(21)26-12-5-4-10-23(26)27/h1-15,18-19H,16-17H2. The smallest absolute Gasteiger partial charge is 0.164 e. The van der Waals surface area contributed by atoms with Gasteiger partial charge in [-0.25, -0.2) is 15.0 Å². The van der Waals surface area contributed by atoms with Gasteiger partial charge in [0, 0.05) is 38.1 Å². The van der Waals surface area contributed by atoms with E-state index in [0.717, 1.165) is 50.8 Å². The van der Waals surface area contributed by atoms with Crippen molar-refractivity contribution in [1.29, 1.82) is 0 Å². The molecule has 4 nitrogen and oxygen atoms in total. The van der Waals surface area contributed by atoms with Crippen molar-refractivity contribution >= 4 is 44.5 Å². The highest BCUT2D eigenvalue weighted by Gasteiger charge is 2.21. The van der Waals surface area contributed by atoms with E-state index in [1.54, 1.807) is 0 Å². The minimum Gasteiger partial charge on any atom is -0.456 e. The molecule has 0 amide bonds. The number of hydrogen-bond donors (Lipinski definition) is 0. The molecular weight excluding hydrogens is 486 g/mol. The molecule has 1 aliphatic heterocycles. The van der Waals surface area contributed by atoms with Crippen LogP contribution in [0.4, 0.5) is 0 Å². The maximum atomic E-state index is 6.18. The highest BCUT2D eigenvalue weighted by molar-refractivity contribution is 7.99. The molecule has 0 fully saturated rings. The van der Waals surface area contributed by atoms with Crippen molar-refractivity contribution in [3.05, 3.63) is 109 Å². The molecule has 38 heavy (non-hydrogen) atoms. The minimum atomic E-state index is 0.634. The van der Waals surface area contributed by atoms with Crippen LogP contribution in [0.15, 0.2) is 112 Å². The van der Waals surface area contributed by atoms with Gasteiger partial charge in [0.1, 0.15) is 11.2 Å². The Hall–Kier alpha value is -4.48. The molecule has 0 atom stereocenters. The third-order valence-corrected chi connectivity index (χ3v) is 8.41. The fourth-order valence-corrected chi connectivity index (χ4v) is 6.62. The highest BCUT2D eigenvalue weighted by atomic mass is 32.2. The number of para-hydroxylation sites is 1. The van der Waals surface area contributed by atoms with E-state index >= 15 is 0 Å². The fourth-order valence-electron chi connectivity index (χ4n) is 5.42. The van der Waals surface area contributed by atoms with Crippen LogP contribution in [0.1, 0.15) is 5.56 Å². The lowest BCUT2D eigenvalue weighted by Crippen LogP contribution is -2.01. The van der Waals surface area contributed by atoms with Crippen molar-refractivity contribution in [3.8, 4) is 34.2 Å². The summed E-state index contributed by atoms with van der Waals surface area (Å²) in [7, 11) is 0. The van der Waals surface area contributed by atoms with Crippen LogP contribution in [-0.4, -0.2) is 20.7 Å². The van der Waals surface area contributed by atoms with Gasteiger partial charge in [0.05, 0.1) is 0 Å². The van der Waals surface area contributed by atoms with E-state index in [4.69, 9.17) is 19.4 Å². The lowest BCUT2D eigenvalue weighted by atomic mass is 9.99. The number of hydrogen-bond acceptors (Lipinski definition) is 5. The number of aryl methyl sites for hydroxylation is 1. The maximum absolute atomic E-state index is 6.18. The summed E-state index contributed by atoms with van der Waals surface area (Å²) < 4.78 is 6.18. The zero-order valence-electron chi connectivity index (χ0n) is 20.4. The Morgan fingerprint density at radius 2 is 1.24 bits per heavy atom. The number of aromatic nitrogens is 3. The van der Waals surface area contributed by atoms with Crippen molar-refractivity contribution in [2.75, 3.05) is 5.75 Å². The molecule has 5 aromatic carbocycles. The van der Waals surface area contributed by atoms with Gasteiger partial charge in [-0.1, -0.05) is 78.9 Å². The van der Waals surface area contributed by atoms with E-state index in [0.29, 0.717) is 17.5 Å². The second-order valence-corrected chi connectivity index (χ2v) is 10.6. The van der Waals surface area contributed by atoms with Gasteiger partial charge >= 0.3 is 0 Å². The number of furan rings is 1. The molecule has 7 aromatic rings. The molecule has 0 spiro atoms. The molecule has 1 aliphatic rings. The average Bonchev–Trinajstić information content (AvgIpc) is 3.61. The Kier molecular flexibility index (Phi) is 4.85. The predicted octanol–water partition coefficient (Wildman–Crippen LogP) is 8.57. The predicted molar refractivity (Wildman–Crippen MR) is 155 cm³/mol. The van der Waals surface area contributed by atoms with Crippen molar-refractivity contribution in [2.24, 2.45) is 0 Å². The molecule has 0 radical (unpaired) electrons. The molecule has 0 saturated heterocycles. The van der Waals surface area contributed by atoms with Crippen molar-refractivity contribution in [3.63, 3.8) is 0 Å². The second-order valence-electron chi connectivity index (χ2n) is 9.54. The van der Waals surface area contributed by atoms with E-state index in [2.05, 4.69) is 48.5 Å². The van der Waals surface area contributed by atoms with Crippen LogP contribution in [-0.2, 0) is 6.42 Å². The first-order valence-corrected chi connectivity index (χ1v) is 13.7. The van der Waals surface area contributed by atoms with Gasteiger partial charge in [-0.2, -0.15) is 0 Å². The van der Waals surface area contributed by atoms with Crippen LogP contribution in [0.3, 0.4) is 0 Å². The second kappa shape index (κ2) is 8.54. The quantitative estimate of drug-likeness (QED) is 0.240. The maximum Gasteiger partial charge on any atom is 0.164 e. The molecular formula is C33H21N3OS. The molecule has 180 valence electrons. The first kappa shape index (κ1) is 21.6. The molecule has 0 aliphatic carbocycles. The molecule has 0 N–H and O–H groups in total. The van der Waals surface area contributed by atoms with Crippen molar-refractivity contribution < 1.29 is 4.42 Å². The summed E-state index contributed by atoms with van der Waals surface area (Å²) in [6.45, 7) is 0. The highest BCUT2D eigenvalue weighted by Crippen LogP contribution is 2.42. The first-order valence-electron chi connectivity index (χ1n) is 12.7. The number of thioether (sulfide) groups is 1. The topological polar surface area (TPSA) is 51.8 Å². The number of rotatable bonds is 3. The van der Waals surface area contributed by atoms with E-state index < -0.39 is 0 Å². The van der Waals surface area contributed by atoms with Crippen LogP contribution >= 0.6 is 11.8 Å². The third kappa shape index (κ3) is 3.43. The van der Waals surface area contributed by atoms with Crippen molar-refractivity contribution in [2.45, 2.75) is 11.3 Å². The normalized spacial score (nSPS) is 12.9. The Balaban J connectivity index is 1.38. The van der Waals surface area contributed by atoms with Crippen LogP contribution < -0.4 is 0 Å². The van der Waals surface area contributed by atoms with Crippen LogP contribution in [0.2, 0.25) is 0 Å². The average molecular weight is 508 g/mol. The van der Waals surface area contributed by atoms with Gasteiger partial charge in [-0.15, -0.1) is 11.8 Å². The first-order chi connectivity index (χ1) is 18.8. The van der Waals surface area contributed by atoms with Gasteiger partial charge in [0.15, 0.2) is 17.5 Å². The van der Waals surface area contributed by atoms with Gasteiger partial charge in [0.2, 0.25) is 0 Å². The Morgan fingerprint density at radius 3 is 2.11 bits per heavy atom. The third-order valence-electron chi connectivity index (χ3n) is 7.24. The molecule has 0 saturated carbocycles. The SMILES string of the molecule is c1ccc(-c2nc(-c3ccc4c(c3)oc3ccccc34)nc(-c3cc4c(c5ccccc35)SCC4)n2)cc1. The van der Waals surface area contributed by atoms with Gasteiger partial charge in [-0.05, 0) is 47.0 Å². The van der Waals surface area contributed by atoms with E-state index in [9.17, 15) is 0 Å². The summed E-state index contributed by atoms with van der Waals surface area (Å²) in [4.78, 5) is 16.4. The molecule has 2 aromatic heterocycles. The summed E-state index contributed by atoms with van der Waals surface area (Å²) in [6, 6.07) is 35.4. The van der Waals surface area contributed by atoms with Crippen molar-refractivity contribution in [1.82, 2.24) is 15.0 Å². The number of benzene rings is 5. The molecule has 5 heteroatoms. The Morgan fingerprint density at radius 1 is 0.553 bits per heavy atom. The van der Waals surface area contributed by atoms with Crippen LogP contribution in [0.25, 0.3) is 66.9 Å². The lowest BCUT2D eigenvalue weighted by Gasteiger charge is -2.13. The van der Waals surface area contributed by atoms with Crippen LogP contribution in [0, 0.1) is 0 Å². The Bertz CT molecular complexity index is 2010. The van der Waals surface area contributed by atoms with E-state index in [1.165, 1.54) is 21.2 Å². The zero-order chi connectivity index (χ0) is 25.1.